The van der Waals surface area contributed by atoms with Gasteiger partial charge in [0.15, 0.2) is 11.3 Å². The van der Waals surface area contributed by atoms with Crippen LogP contribution in [0.5, 0.6) is 0 Å². The van der Waals surface area contributed by atoms with Crippen LogP contribution in [0.25, 0.3) is 11.8 Å². The monoisotopic (exact) mass is 591 g/mol. The Kier molecular flexibility index (Phi) is 6.16. The molecule has 10 heteroatoms. The zero-order valence-electron chi connectivity index (χ0n) is 23.8. The number of ether oxygens (including phenoxy) is 1. The molecule has 0 amide bonds. The van der Waals surface area contributed by atoms with Crippen LogP contribution < -0.4 is 0 Å². The minimum atomic E-state index is -1.47. The van der Waals surface area contributed by atoms with Crippen molar-refractivity contribution in [2.45, 2.75) is 71.0 Å². The van der Waals surface area contributed by atoms with Gasteiger partial charge in [-0.2, -0.15) is 5.10 Å². The van der Waals surface area contributed by atoms with E-state index in [1.54, 1.807) is 19.1 Å². The normalized spacial score (nSPS) is 35.0. The van der Waals surface area contributed by atoms with Crippen LogP contribution in [0, 0.1) is 41.3 Å². The number of carbonyl (C=O) groups excluding carboxylic acids is 2. The maximum atomic E-state index is 13.6. The predicted octanol–water partition coefficient (Wildman–Crippen LogP) is 5.51. The number of aliphatic hydroxyl groups excluding tert-OH is 1. The van der Waals surface area contributed by atoms with Crippen LogP contribution in [0.3, 0.4) is 0 Å². The molecule has 1 N–H and O–H groups in total. The summed E-state index contributed by atoms with van der Waals surface area (Å²) in [6.07, 6.45) is 7.19. The standard InChI is InChI=1S/C32H34FN3O5S/c1-17-12-24(35-41-17)28(38)40-32(29(39)42)11-10-23-22-9-4-19-13-25-18(16-34-36(25)21-7-5-20(33)6-8-21)14-30(19,2)27(22)26(37)15-31(23,32)3/h5-8,12-13,16,22-23,26-27,37H,4,9-11,14-15H2,1-3H3,(H,39,42)/t22-,23-,26-,27+,30-,31-,32-/m0/s1. The first-order valence-electron chi connectivity index (χ1n) is 14.6. The summed E-state index contributed by atoms with van der Waals surface area (Å²) in [5, 5.41) is 19.9. The smallest absolute Gasteiger partial charge is 0.361 e. The van der Waals surface area contributed by atoms with Crippen molar-refractivity contribution in [2.75, 3.05) is 0 Å². The Bertz CT molecular complexity index is 1630. The predicted molar refractivity (Wildman–Crippen MR) is 154 cm³/mol. The van der Waals surface area contributed by atoms with Gasteiger partial charge in [0.25, 0.3) is 0 Å². The molecule has 7 rings (SSSR count). The Morgan fingerprint density at radius 3 is 2.67 bits per heavy atom. The molecule has 0 saturated heterocycles. The Morgan fingerprint density at radius 2 is 1.98 bits per heavy atom. The Hall–Kier alpha value is -3.24. The first-order chi connectivity index (χ1) is 20.0. The van der Waals surface area contributed by atoms with E-state index in [4.69, 9.17) is 9.26 Å². The molecule has 4 aliphatic rings. The van der Waals surface area contributed by atoms with Gasteiger partial charge < -0.3 is 14.4 Å². The van der Waals surface area contributed by atoms with Crippen molar-refractivity contribution in [1.82, 2.24) is 14.9 Å². The fraction of sp³-hybridized carbons (Fsp3) is 0.500. The van der Waals surface area contributed by atoms with Crippen LogP contribution in [0.15, 0.2) is 46.6 Å². The minimum absolute atomic E-state index is 0.0156. The number of aliphatic hydroxyl groups is 1. The second kappa shape index (κ2) is 9.38. The highest BCUT2D eigenvalue weighted by Crippen LogP contribution is 2.68. The number of hydrogen-bond acceptors (Lipinski definition) is 7. The van der Waals surface area contributed by atoms with Gasteiger partial charge in [-0.15, -0.1) is 12.6 Å². The highest BCUT2D eigenvalue weighted by atomic mass is 32.1. The van der Waals surface area contributed by atoms with Gasteiger partial charge in [-0.05, 0) is 105 Å². The van der Waals surface area contributed by atoms with Crippen LogP contribution >= 0.6 is 12.6 Å². The second-order valence-electron chi connectivity index (χ2n) is 13.1. The lowest BCUT2D eigenvalue weighted by molar-refractivity contribution is -0.174. The van der Waals surface area contributed by atoms with Crippen LogP contribution in [0.4, 0.5) is 4.39 Å². The topological polar surface area (TPSA) is 107 Å². The number of aromatic nitrogens is 3. The number of aryl methyl sites for hydroxylation is 1. The van der Waals surface area contributed by atoms with E-state index in [1.807, 2.05) is 17.8 Å². The molecule has 0 unspecified atom stereocenters. The van der Waals surface area contributed by atoms with E-state index in [-0.39, 0.29) is 34.7 Å². The zero-order chi connectivity index (χ0) is 29.6. The largest absolute Gasteiger partial charge is 0.445 e. The van der Waals surface area contributed by atoms with Crippen LogP contribution in [0.1, 0.15) is 73.5 Å². The van der Waals surface area contributed by atoms with Crippen LogP contribution in [-0.2, 0) is 16.0 Å². The second-order valence-corrected chi connectivity index (χ2v) is 13.5. The first kappa shape index (κ1) is 27.6. The van der Waals surface area contributed by atoms with Gasteiger partial charge in [-0.25, -0.2) is 13.9 Å². The van der Waals surface area contributed by atoms with Gasteiger partial charge >= 0.3 is 5.97 Å². The number of rotatable bonds is 4. The van der Waals surface area contributed by atoms with Crippen LogP contribution in [-0.4, -0.2) is 42.8 Å². The number of allylic oxidation sites excluding steroid dienone is 1. The lowest BCUT2D eigenvalue weighted by Gasteiger charge is -2.60. The molecule has 3 fully saturated rings. The van der Waals surface area contributed by atoms with Gasteiger partial charge in [-0.1, -0.05) is 24.6 Å². The number of thiol groups is 1. The van der Waals surface area contributed by atoms with Crippen molar-refractivity contribution >= 4 is 29.8 Å². The summed E-state index contributed by atoms with van der Waals surface area (Å²) < 4.78 is 26.5. The van der Waals surface area contributed by atoms with Crippen molar-refractivity contribution in [3.63, 3.8) is 0 Å². The molecule has 0 aliphatic heterocycles. The number of benzene rings is 1. The van der Waals surface area contributed by atoms with Crippen molar-refractivity contribution in [3.05, 3.63) is 70.6 Å². The third-order valence-electron chi connectivity index (χ3n) is 11.1. The molecule has 0 spiro atoms. The Labute approximate surface area is 248 Å². The SMILES string of the molecule is Cc1cc(C(=O)O[C@]2(C(=O)S)CC[C@H]3[C@@H]4CCC5=Cc6c(cnn6-c6ccc(F)cc6)C[C@]5(C)[C@H]4[C@@H](O)C[C@@]32C)no1. The molecular formula is C32H34FN3O5S. The number of nitrogens with zero attached hydrogens (tertiary/aromatic N) is 3. The molecule has 42 heavy (non-hydrogen) atoms. The van der Waals surface area contributed by atoms with Gasteiger partial charge in [-0.3, -0.25) is 4.79 Å². The summed E-state index contributed by atoms with van der Waals surface area (Å²) in [6.45, 7) is 5.92. The van der Waals surface area contributed by atoms with Crippen LogP contribution in [0.2, 0.25) is 0 Å². The van der Waals surface area contributed by atoms with Gasteiger partial charge in [0.05, 0.1) is 23.7 Å². The third-order valence-corrected chi connectivity index (χ3v) is 11.4. The number of fused-ring (bicyclic) bond motifs is 6. The van der Waals surface area contributed by atoms with E-state index in [0.29, 0.717) is 25.0 Å². The Balaban J connectivity index is 1.22. The average molecular weight is 592 g/mol. The van der Waals surface area contributed by atoms with Crippen molar-refractivity contribution in [3.8, 4) is 5.69 Å². The summed E-state index contributed by atoms with van der Waals surface area (Å²) in [5.41, 5.74) is 1.64. The summed E-state index contributed by atoms with van der Waals surface area (Å²) >= 11 is 4.27. The summed E-state index contributed by atoms with van der Waals surface area (Å²) in [7, 11) is 0. The minimum Gasteiger partial charge on any atom is -0.445 e. The lowest BCUT2D eigenvalue weighted by Crippen LogP contribution is -2.62. The quantitative estimate of drug-likeness (QED) is 0.304. The van der Waals surface area contributed by atoms with E-state index in [1.165, 1.54) is 23.8 Å². The fourth-order valence-electron chi connectivity index (χ4n) is 9.20. The summed E-state index contributed by atoms with van der Waals surface area (Å²) in [5.74, 6) is -0.365. The number of halogens is 1. The van der Waals surface area contributed by atoms with Crippen molar-refractivity contribution in [1.29, 1.82) is 0 Å². The average Bonchev–Trinajstić information content (AvgIpc) is 3.63. The fourth-order valence-corrected chi connectivity index (χ4v) is 9.61. The van der Waals surface area contributed by atoms with E-state index in [0.717, 1.165) is 36.2 Å². The molecule has 3 aromatic rings. The molecule has 3 saturated carbocycles. The lowest BCUT2D eigenvalue weighted by atomic mass is 9.45. The molecule has 2 heterocycles. The molecule has 4 aliphatic carbocycles. The summed E-state index contributed by atoms with van der Waals surface area (Å²) in [4.78, 5) is 26.4. The molecule has 1 aromatic carbocycles. The molecule has 0 radical (unpaired) electrons. The molecule has 0 bridgehead atoms. The summed E-state index contributed by atoms with van der Waals surface area (Å²) in [6, 6.07) is 7.81. The number of carbonyl (C=O) groups is 2. The first-order valence-corrected chi connectivity index (χ1v) is 15.0. The molecule has 7 atom stereocenters. The highest BCUT2D eigenvalue weighted by molar-refractivity contribution is 7.96. The maximum Gasteiger partial charge on any atom is 0.361 e. The highest BCUT2D eigenvalue weighted by Gasteiger charge is 2.70. The van der Waals surface area contributed by atoms with Gasteiger partial charge in [0.2, 0.25) is 5.12 Å². The van der Waals surface area contributed by atoms with E-state index < -0.39 is 28.2 Å². The molecule has 8 nitrogen and oxygen atoms in total. The van der Waals surface area contributed by atoms with Gasteiger partial charge in [0.1, 0.15) is 11.6 Å². The Morgan fingerprint density at radius 1 is 1.21 bits per heavy atom. The third kappa shape index (κ3) is 3.76. The van der Waals surface area contributed by atoms with E-state index >= 15 is 0 Å². The number of hydrogen-bond donors (Lipinski definition) is 2. The van der Waals surface area contributed by atoms with Crippen molar-refractivity contribution < 1.29 is 28.3 Å². The molecule has 220 valence electrons. The zero-order valence-corrected chi connectivity index (χ0v) is 24.7. The van der Waals surface area contributed by atoms with Crippen molar-refractivity contribution in [2.24, 2.45) is 28.6 Å². The van der Waals surface area contributed by atoms with Gasteiger partial charge in [0, 0.05) is 11.5 Å². The van der Waals surface area contributed by atoms with E-state index in [9.17, 15) is 19.1 Å². The van der Waals surface area contributed by atoms with E-state index in [2.05, 4.69) is 35.9 Å². The molecule has 2 aromatic heterocycles. The molecular weight excluding hydrogens is 557 g/mol. The number of esters is 1. The maximum absolute atomic E-state index is 13.6.